The summed E-state index contributed by atoms with van der Waals surface area (Å²) < 4.78 is 0. The van der Waals surface area contributed by atoms with Gasteiger partial charge in [-0.2, -0.15) is 0 Å². The molecular formula is C29H38N6O6S2. The van der Waals surface area contributed by atoms with Crippen LogP contribution < -0.4 is 27.4 Å². The first-order chi connectivity index (χ1) is 20.4. The molecular weight excluding hydrogens is 592 g/mol. The minimum Gasteiger partial charge on any atom is -0.508 e. The van der Waals surface area contributed by atoms with Crippen LogP contribution in [0.2, 0.25) is 0 Å². The normalized spacial score (nSPS) is 21.3. The highest BCUT2D eigenvalue weighted by Gasteiger charge is 2.33. The maximum atomic E-state index is 13.4. The molecule has 0 radical (unpaired) electrons. The van der Waals surface area contributed by atoms with Gasteiger partial charge in [-0.1, -0.05) is 51.9 Å². The Morgan fingerprint density at radius 3 is 2.35 bits per heavy atom. The lowest BCUT2D eigenvalue weighted by molar-refractivity contribution is -0.140. The van der Waals surface area contributed by atoms with Crippen molar-refractivity contribution in [1.82, 2.24) is 20.9 Å². The van der Waals surface area contributed by atoms with E-state index in [4.69, 9.17) is 11.5 Å². The van der Waals surface area contributed by atoms with Gasteiger partial charge in [-0.05, 0) is 54.7 Å². The van der Waals surface area contributed by atoms with Gasteiger partial charge in [0.2, 0.25) is 29.5 Å². The topological polar surface area (TPSA) is 197 Å². The van der Waals surface area contributed by atoms with E-state index < -0.39 is 60.2 Å². The number of benzene rings is 2. The summed E-state index contributed by atoms with van der Waals surface area (Å²) in [7, 11) is 3.90. The number of amides is 5. The van der Waals surface area contributed by atoms with Gasteiger partial charge in [0.25, 0.3) is 0 Å². The summed E-state index contributed by atoms with van der Waals surface area (Å²) in [6.45, 7) is 3.18. The molecule has 1 aliphatic rings. The van der Waals surface area contributed by atoms with Crippen molar-refractivity contribution in [2.24, 2.45) is 11.5 Å². The zero-order valence-corrected chi connectivity index (χ0v) is 25.9. The van der Waals surface area contributed by atoms with Crippen molar-refractivity contribution in [2.75, 3.05) is 25.1 Å². The smallest absolute Gasteiger partial charge is 0.245 e. The Morgan fingerprint density at radius 1 is 1.09 bits per heavy atom. The highest BCUT2D eigenvalue weighted by atomic mass is 33.1. The highest BCUT2D eigenvalue weighted by molar-refractivity contribution is 8.76. The molecule has 1 fully saturated rings. The van der Waals surface area contributed by atoms with Crippen LogP contribution in [0.25, 0.3) is 0 Å². The molecule has 0 aromatic heterocycles. The number of phenols is 1. The van der Waals surface area contributed by atoms with E-state index in [1.54, 1.807) is 12.1 Å². The molecule has 1 heterocycles. The molecule has 0 unspecified atom stereocenters. The van der Waals surface area contributed by atoms with Crippen molar-refractivity contribution < 1.29 is 29.1 Å². The monoisotopic (exact) mass is 630 g/mol. The van der Waals surface area contributed by atoms with E-state index >= 15 is 0 Å². The Bertz CT molecular complexity index is 1320. The van der Waals surface area contributed by atoms with Crippen LogP contribution >= 0.6 is 21.6 Å². The van der Waals surface area contributed by atoms with Crippen LogP contribution in [0.1, 0.15) is 22.3 Å². The van der Waals surface area contributed by atoms with Crippen LogP contribution in [0, 0.1) is 13.8 Å². The van der Waals surface area contributed by atoms with Gasteiger partial charge < -0.3 is 37.4 Å². The van der Waals surface area contributed by atoms with Crippen molar-refractivity contribution in [3.63, 3.8) is 0 Å². The highest BCUT2D eigenvalue weighted by Crippen LogP contribution is 2.25. The van der Waals surface area contributed by atoms with Crippen LogP contribution in [-0.4, -0.2) is 88.8 Å². The second-order valence-corrected chi connectivity index (χ2v) is 12.9. The lowest BCUT2D eigenvalue weighted by Gasteiger charge is -2.30. The minimum atomic E-state index is -1.04. The van der Waals surface area contributed by atoms with Crippen LogP contribution in [0.5, 0.6) is 5.75 Å². The number of phenolic OH excluding ortho intramolecular Hbond substituents is 1. The van der Waals surface area contributed by atoms with E-state index in [0.717, 1.165) is 22.3 Å². The van der Waals surface area contributed by atoms with Crippen LogP contribution in [0.3, 0.4) is 0 Å². The number of primary amides is 1. The summed E-state index contributed by atoms with van der Waals surface area (Å²) in [5.74, 6) is -2.66. The summed E-state index contributed by atoms with van der Waals surface area (Å²) in [6.07, 6.45) is 0.347. The minimum absolute atomic E-state index is 0.0909. The van der Waals surface area contributed by atoms with E-state index in [2.05, 4.69) is 16.0 Å². The van der Waals surface area contributed by atoms with E-state index in [-0.39, 0.29) is 30.1 Å². The van der Waals surface area contributed by atoms with Gasteiger partial charge in [0.05, 0.1) is 12.6 Å². The van der Waals surface area contributed by atoms with Gasteiger partial charge in [-0.25, -0.2) is 0 Å². The maximum Gasteiger partial charge on any atom is 0.245 e. The van der Waals surface area contributed by atoms with Crippen LogP contribution in [0.4, 0.5) is 0 Å². The zero-order valence-electron chi connectivity index (χ0n) is 24.3. The molecule has 1 saturated heterocycles. The fourth-order valence-electron chi connectivity index (χ4n) is 4.67. The molecule has 12 nitrogen and oxygen atoms in total. The third-order valence-electron chi connectivity index (χ3n) is 7.10. The standard InChI is InChI=1S/C29H38N6O6S2/c1-16-9-19(36)10-17(2)20(16)12-21(30)27(39)34-23-14-42-43-15-24(26(31)38)35(3)29(41)22(11-18-7-5-4-6-8-18)33-25(37)13-32-28(23)40/h4-10,21-24,36H,11-15,30H2,1-3H3,(H2,31,38)(H,32,40)(H,33,37)(H,34,39)/t21-,22-,23+,24-/m0/s1. The molecule has 0 aliphatic carbocycles. The lowest BCUT2D eigenvalue weighted by Crippen LogP contribution is -2.57. The molecule has 4 atom stereocenters. The first kappa shape index (κ1) is 33.7. The third kappa shape index (κ3) is 9.63. The molecule has 2 aromatic carbocycles. The second kappa shape index (κ2) is 15.6. The predicted molar refractivity (Wildman–Crippen MR) is 167 cm³/mol. The van der Waals surface area contributed by atoms with Gasteiger partial charge in [-0.3, -0.25) is 24.0 Å². The van der Waals surface area contributed by atoms with Gasteiger partial charge in [0.15, 0.2) is 0 Å². The van der Waals surface area contributed by atoms with E-state index in [1.165, 1.54) is 33.5 Å². The fraction of sp³-hybridized carbons (Fsp3) is 0.414. The Labute approximate surface area is 258 Å². The number of aromatic hydroxyl groups is 1. The van der Waals surface area contributed by atoms with Gasteiger partial charge in [0, 0.05) is 25.0 Å². The fourth-order valence-corrected chi connectivity index (χ4v) is 7.12. The van der Waals surface area contributed by atoms with Crippen LogP contribution in [0.15, 0.2) is 42.5 Å². The summed E-state index contributed by atoms with van der Waals surface area (Å²) in [5.41, 5.74) is 15.0. The number of rotatable bonds is 7. The molecule has 2 aromatic rings. The molecule has 0 spiro atoms. The summed E-state index contributed by atoms with van der Waals surface area (Å²) >= 11 is 0. The molecule has 1 aliphatic heterocycles. The van der Waals surface area contributed by atoms with Gasteiger partial charge in [0.1, 0.15) is 23.9 Å². The SMILES string of the molecule is Cc1cc(O)cc(C)c1C[C@H](N)C(=O)N[C@@H]1CSSC[C@@H](C(N)=O)N(C)C(=O)[C@H](Cc2ccccc2)NC(=O)CNC1=O. The predicted octanol–water partition coefficient (Wildman–Crippen LogP) is -0.0854. The zero-order chi connectivity index (χ0) is 31.7. The molecule has 3 rings (SSSR count). The van der Waals surface area contributed by atoms with Crippen molar-refractivity contribution in [1.29, 1.82) is 0 Å². The molecule has 0 saturated carbocycles. The Hall–Kier alpha value is -3.75. The number of hydrogen-bond acceptors (Lipinski definition) is 9. The van der Waals surface area contributed by atoms with Crippen molar-refractivity contribution >= 4 is 51.1 Å². The van der Waals surface area contributed by atoms with Gasteiger partial charge >= 0.3 is 0 Å². The van der Waals surface area contributed by atoms with E-state index in [0.29, 0.717) is 0 Å². The molecule has 43 heavy (non-hydrogen) atoms. The van der Waals surface area contributed by atoms with E-state index in [9.17, 15) is 29.1 Å². The molecule has 0 bridgehead atoms. The summed E-state index contributed by atoms with van der Waals surface area (Å²) in [4.78, 5) is 66.0. The lowest BCUT2D eigenvalue weighted by atomic mass is 9.96. The molecule has 232 valence electrons. The number of likely N-dealkylation sites (N-methyl/N-ethyl adjacent to an activating group) is 1. The number of aryl methyl sites for hydroxylation is 2. The average Bonchev–Trinajstić information content (AvgIpc) is 2.95. The third-order valence-corrected chi connectivity index (χ3v) is 9.51. The number of nitrogens with two attached hydrogens (primary N) is 2. The molecule has 5 amide bonds. The van der Waals surface area contributed by atoms with Crippen molar-refractivity contribution in [2.45, 2.75) is 50.9 Å². The quantitative estimate of drug-likeness (QED) is 0.227. The second-order valence-electron chi connectivity index (χ2n) is 10.4. The molecule has 8 N–H and O–H groups in total. The number of nitrogens with zero attached hydrogens (tertiary/aromatic N) is 1. The molecule has 14 heteroatoms. The average molecular weight is 631 g/mol. The van der Waals surface area contributed by atoms with Crippen molar-refractivity contribution in [3.8, 4) is 5.75 Å². The Kier molecular flexibility index (Phi) is 12.3. The number of carbonyl (C=O) groups excluding carboxylic acids is 5. The maximum absolute atomic E-state index is 13.4. The summed E-state index contributed by atoms with van der Waals surface area (Å²) in [6, 6.07) is 8.23. The van der Waals surface area contributed by atoms with E-state index in [1.807, 2.05) is 44.2 Å². The number of hydrogen-bond donors (Lipinski definition) is 6. The number of carbonyl (C=O) groups is 5. The first-order valence-electron chi connectivity index (χ1n) is 13.6. The number of nitrogens with one attached hydrogen (secondary N) is 3. The largest absolute Gasteiger partial charge is 0.508 e. The van der Waals surface area contributed by atoms with Gasteiger partial charge in [-0.15, -0.1) is 0 Å². The van der Waals surface area contributed by atoms with Crippen molar-refractivity contribution in [3.05, 3.63) is 64.7 Å². The first-order valence-corrected chi connectivity index (χ1v) is 16.1. The summed E-state index contributed by atoms with van der Waals surface area (Å²) in [5, 5.41) is 17.7. The Morgan fingerprint density at radius 2 is 1.72 bits per heavy atom. The Balaban J connectivity index is 1.76. The van der Waals surface area contributed by atoms with Crippen LogP contribution in [-0.2, 0) is 36.8 Å².